The van der Waals surface area contributed by atoms with Gasteiger partial charge in [0.25, 0.3) is 0 Å². The van der Waals surface area contributed by atoms with Gasteiger partial charge in [0.1, 0.15) is 5.82 Å². The van der Waals surface area contributed by atoms with Crippen molar-refractivity contribution in [2.24, 2.45) is 16.8 Å². The molecule has 0 bridgehead atoms. The minimum Gasteiger partial charge on any atom is -0.469 e. The average molecular weight is 495 g/mol. The summed E-state index contributed by atoms with van der Waals surface area (Å²) < 4.78 is 18.4. The summed E-state index contributed by atoms with van der Waals surface area (Å²) in [5.74, 6) is 2.10. The van der Waals surface area contributed by atoms with Gasteiger partial charge < -0.3 is 15.0 Å². The summed E-state index contributed by atoms with van der Waals surface area (Å²) in [6, 6.07) is 6.86. The molecule has 2 unspecified atom stereocenters. The Hall–Kier alpha value is -1.03. The number of aliphatic imine (C=N–C) groups is 1. The number of hydrogen-bond donors (Lipinski definition) is 1. The van der Waals surface area contributed by atoms with Crippen molar-refractivity contribution in [1.82, 2.24) is 10.2 Å². The predicted molar refractivity (Wildman–Crippen MR) is 116 cm³/mol. The van der Waals surface area contributed by atoms with E-state index in [2.05, 4.69) is 22.1 Å². The van der Waals surface area contributed by atoms with Crippen LogP contribution >= 0.6 is 35.7 Å². The van der Waals surface area contributed by atoms with Crippen molar-refractivity contribution in [2.45, 2.75) is 12.7 Å². The van der Waals surface area contributed by atoms with Crippen LogP contribution in [0.15, 0.2) is 29.3 Å². The van der Waals surface area contributed by atoms with Crippen molar-refractivity contribution >= 4 is 47.7 Å². The van der Waals surface area contributed by atoms with Gasteiger partial charge in [0.05, 0.1) is 13.0 Å². The quantitative estimate of drug-likeness (QED) is 0.216. The number of thioether (sulfide) groups is 1. The first-order chi connectivity index (χ1) is 12.1. The molecule has 1 N–H and O–H groups in total. The van der Waals surface area contributed by atoms with Crippen molar-refractivity contribution in [3.8, 4) is 0 Å². The molecule has 1 heterocycles. The number of halogens is 2. The number of nitrogens with one attached hydrogen (secondary N) is 1. The molecule has 8 heteroatoms. The van der Waals surface area contributed by atoms with Crippen LogP contribution in [0.5, 0.6) is 0 Å². The molecule has 0 aliphatic carbocycles. The smallest absolute Gasteiger partial charge is 0.310 e. The number of carbonyl (C=O) groups is 1. The third-order valence-electron chi connectivity index (χ3n) is 4.37. The summed E-state index contributed by atoms with van der Waals surface area (Å²) in [6.07, 6.45) is 0. The summed E-state index contributed by atoms with van der Waals surface area (Å²) in [6.45, 7) is 4.19. The molecule has 146 valence electrons. The van der Waals surface area contributed by atoms with E-state index in [0.29, 0.717) is 12.3 Å². The molecule has 0 amide bonds. The van der Waals surface area contributed by atoms with E-state index in [1.165, 1.54) is 13.2 Å². The van der Waals surface area contributed by atoms with Crippen molar-refractivity contribution < 1.29 is 13.9 Å². The normalized spacial score (nSPS) is 19.8. The number of benzene rings is 1. The highest BCUT2D eigenvalue weighted by Crippen LogP contribution is 2.24. The number of rotatable bonds is 6. The first-order valence-electron chi connectivity index (χ1n) is 8.41. The summed E-state index contributed by atoms with van der Waals surface area (Å²) >= 11 is 1.68. The monoisotopic (exact) mass is 495 g/mol. The zero-order chi connectivity index (χ0) is 18.2. The molecular formula is C18H27FIN3O2S. The van der Waals surface area contributed by atoms with Crippen LogP contribution in [0.4, 0.5) is 4.39 Å². The summed E-state index contributed by atoms with van der Waals surface area (Å²) in [5.41, 5.74) is 0.728. The van der Waals surface area contributed by atoms with Gasteiger partial charge in [-0.1, -0.05) is 25.1 Å². The van der Waals surface area contributed by atoms with Gasteiger partial charge in [-0.3, -0.25) is 9.79 Å². The van der Waals surface area contributed by atoms with E-state index < -0.39 is 0 Å². The Bertz CT molecular complexity index is 618. The van der Waals surface area contributed by atoms with E-state index in [0.717, 1.165) is 30.4 Å². The Balaban J connectivity index is 0.00000338. The van der Waals surface area contributed by atoms with E-state index in [9.17, 15) is 9.18 Å². The average Bonchev–Trinajstić information content (AvgIpc) is 3.00. The number of methoxy groups -OCH3 is 1. The topological polar surface area (TPSA) is 53.9 Å². The van der Waals surface area contributed by atoms with Gasteiger partial charge in [0.2, 0.25) is 0 Å². The standard InChI is InChI=1S/C18H26FN3O2S.HI/c1-13-10-22(11-15(13)17(23)24-3)18(20-2)21-8-9-25-12-14-6-4-5-7-16(14)19;/h4-7,13,15H,8-12H2,1-3H3,(H,20,21);1H. The molecule has 1 saturated heterocycles. The summed E-state index contributed by atoms with van der Waals surface area (Å²) in [4.78, 5) is 18.2. The minimum absolute atomic E-state index is 0. The van der Waals surface area contributed by atoms with Gasteiger partial charge in [-0.15, -0.1) is 24.0 Å². The summed E-state index contributed by atoms with van der Waals surface area (Å²) in [7, 11) is 3.17. The minimum atomic E-state index is -0.161. The van der Waals surface area contributed by atoms with Crippen LogP contribution in [0.25, 0.3) is 0 Å². The molecule has 1 aliphatic rings. The van der Waals surface area contributed by atoms with Gasteiger partial charge in [0, 0.05) is 38.2 Å². The highest BCUT2D eigenvalue weighted by Gasteiger charge is 2.36. The van der Waals surface area contributed by atoms with Crippen LogP contribution in [-0.4, -0.2) is 56.4 Å². The fraction of sp³-hybridized carbons (Fsp3) is 0.556. The van der Waals surface area contributed by atoms with Crippen molar-refractivity contribution in [3.05, 3.63) is 35.6 Å². The second-order valence-electron chi connectivity index (χ2n) is 6.13. The van der Waals surface area contributed by atoms with Crippen LogP contribution in [0.2, 0.25) is 0 Å². The van der Waals surface area contributed by atoms with E-state index >= 15 is 0 Å². The van der Waals surface area contributed by atoms with Gasteiger partial charge in [-0.05, 0) is 17.5 Å². The molecule has 0 saturated carbocycles. The lowest BCUT2D eigenvalue weighted by Gasteiger charge is -2.21. The second kappa shape index (κ2) is 11.6. The largest absolute Gasteiger partial charge is 0.469 e. The van der Waals surface area contributed by atoms with Crippen molar-refractivity contribution in [2.75, 3.05) is 39.5 Å². The molecule has 5 nitrogen and oxygen atoms in total. The van der Waals surface area contributed by atoms with Crippen LogP contribution in [-0.2, 0) is 15.3 Å². The van der Waals surface area contributed by atoms with Crippen molar-refractivity contribution in [3.63, 3.8) is 0 Å². The van der Waals surface area contributed by atoms with Gasteiger partial charge in [-0.2, -0.15) is 11.8 Å². The van der Waals surface area contributed by atoms with E-state index in [4.69, 9.17) is 4.74 Å². The molecule has 2 rings (SSSR count). The Morgan fingerprint density at radius 1 is 1.42 bits per heavy atom. The van der Waals surface area contributed by atoms with Gasteiger partial charge >= 0.3 is 5.97 Å². The predicted octanol–water partition coefficient (Wildman–Crippen LogP) is 2.99. The van der Waals surface area contributed by atoms with Gasteiger partial charge in [-0.25, -0.2) is 4.39 Å². The fourth-order valence-electron chi connectivity index (χ4n) is 2.96. The van der Waals surface area contributed by atoms with E-state index in [1.807, 2.05) is 12.1 Å². The molecular weight excluding hydrogens is 468 g/mol. The molecule has 0 aromatic heterocycles. The van der Waals surface area contributed by atoms with E-state index in [1.54, 1.807) is 24.9 Å². The number of esters is 1. The third-order valence-corrected chi connectivity index (χ3v) is 5.38. The van der Waals surface area contributed by atoms with Crippen molar-refractivity contribution in [1.29, 1.82) is 0 Å². The van der Waals surface area contributed by atoms with Crippen LogP contribution < -0.4 is 5.32 Å². The Labute approximate surface area is 176 Å². The first kappa shape index (κ1) is 23.0. The highest BCUT2D eigenvalue weighted by molar-refractivity contribution is 14.0. The highest BCUT2D eigenvalue weighted by atomic mass is 127. The van der Waals surface area contributed by atoms with Crippen LogP contribution in [0.1, 0.15) is 12.5 Å². The maximum Gasteiger partial charge on any atom is 0.310 e. The number of guanidine groups is 1. The number of likely N-dealkylation sites (tertiary alicyclic amines) is 1. The lowest BCUT2D eigenvalue weighted by atomic mass is 9.99. The maximum atomic E-state index is 13.6. The molecule has 1 aliphatic heterocycles. The zero-order valence-electron chi connectivity index (χ0n) is 15.4. The second-order valence-corrected chi connectivity index (χ2v) is 7.24. The van der Waals surface area contributed by atoms with Gasteiger partial charge in [0.15, 0.2) is 5.96 Å². The number of carbonyl (C=O) groups excluding carboxylic acids is 1. The number of ether oxygens (including phenoxy) is 1. The van der Waals surface area contributed by atoms with Crippen LogP contribution in [0.3, 0.4) is 0 Å². The Morgan fingerprint density at radius 2 is 2.15 bits per heavy atom. The summed E-state index contributed by atoms with van der Waals surface area (Å²) in [5, 5.41) is 3.32. The zero-order valence-corrected chi connectivity index (χ0v) is 18.6. The molecule has 26 heavy (non-hydrogen) atoms. The number of hydrogen-bond acceptors (Lipinski definition) is 4. The molecule has 1 fully saturated rings. The lowest BCUT2D eigenvalue weighted by Crippen LogP contribution is -2.41. The number of nitrogens with zero attached hydrogens (tertiary/aromatic N) is 2. The molecule has 0 radical (unpaired) electrons. The first-order valence-corrected chi connectivity index (χ1v) is 9.56. The fourth-order valence-corrected chi connectivity index (χ4v) is 3.81. The van der Waals surface area contributed by atoms with E-state index in [-0.39, 0.29) is 47.6 Å². The Morgan fingerprint density at radius 3 is 2.81 bits per heavy atom. The molecule has 2 atom stereocenters. The molecule has 1 aromatic carbocycles. The third kappa shape index (κ3) is 6.29. The molecule has 1 aromatic rings. The SMILES string of the molecule is CN=C(NCCSCc1ccccc1F)N1CC(C)C(C(=O)OC)C1.I. The van der Waals surface area contributed by atoms with Crippen LogP contribution in [0, 0.1) is 17.7 Å². The Kier molecular flexibility index (Phi) is 10.3. The molecule has 0 spiro atoms. The maximum absolute atomic E-state index is 13.6. The lowest BCUT2D eigenvalue weighted by molar-refractivity contribution is -0.145.